The molecule has 0 N–H and O–H groups in total. The summed E-state index contributed by atoms with van der Waals surface area (Å²) < 4.78 is 12.4. The van der Waals surface area contributed by atoms with Crippen LogP contribution in [0.5, 0.6) is 11.5 Å². The van der Waals surface area contributed by atoms with Crippen LogP contribution in [0.25, 0.3) is 81.2 Å². The lowest BCUT2D eigenvalue weighted by Gasteiger charge is -2.31. The number of nitrogens with zero attached hydrogens (tertiary/aromatic N) is 4. The third-order valence-electron chi connectivity index (χ3n) is 18.5. The molecule has 1 aliphatic heterocycles. The van der Waals surface area contributed by atoms with Crippen molar-refractivity contribution >= 4 is 76.1 Å². The fourth-order valence-electron chi connectivity index (χ4n) is 14.1. The van der Waals surface area contributed by atoms with Gasteiger partial charge < -0.3 is 14.5 Å². The smallest absolute Gasteiger partial charge is 0.137 e. The minimum Gasteiger partial charge on any atom is -0.457 e. The molecule has 9 aromatic carbocycles. The highest BCUT2D eigenvalue weighted by Crippen LogP contribution is 2.55. The van der Waals surface area contributed by atoms with E-state index < -0.39 is 0 Å². The maximum absolute atomic E-state index is 7.47. The van der Waals surface area contributed by atoms with Gasteiger partial charge >= 0.3 is 0 Å². The molecule has 5 nitrogen and oxygen atoms in total. The number of aromatic nitrogens is 2. The zero-order valence-electron chi connectivity index (χ0n) is 54.2. The first-order chi connectivity index (χ1) is 42.3. The lowest BCUT2D eigenvalue weighted by Crippen LogP contribution is -2.25. The summed E-state index contributed by atoms with van der Waals surface area (Å²) in [6, 6.07) is 68.7. The Morgan fingerprint density at radius 2 is 0.966 bits per heavy atom. The van der Waals surface area contributed by atoms with Crippen LogP contribution < -0.4 is 14.5 Å². The van der Waals surface area contributed by atoms with Gasteiger partial charge in [-0.3, -0.25) is 4.57 Å². The normalized spacial score (nSPS) is 13.0. The second-order valence-electron chi connectivity index (χ2n) is 27.5. The second kappa shape index (κ2) is 22.9. The Morgan fingerprint density at radius 3 is 1.53 bits per heavy atom. The van der Waals surface area contributed by atoms with Gasteiger partial charge in [0.15, 0.2) is 0 Å². The summed E-state index contributed by atoms with van der Waals surface area (Å²) >= 11 is 1.87. The second-order valence-corrected chi connectivity index (χ2v) is 28.5. The zero-order chi connectivity index (χ0) is 61.6. The number of anilines is 4. The molecule has 1 aliphatic rings. The molecule has 0 spiro atoms. The number of ether oxygens (including phenoxy) is 1. The van der Waals surface area contributed by atoms with Crippen LogP contribution in [0, 0.1) is 0 Å². The van der Waals surface area contributed by atoms with Crippen LogP contribution >= 0.6 is 11.3 Å². The number of hydrogen-bond donors (Lipinski definition) is 0. The maximum Gasteiger partial charge on any atom is 0.137 e. The summed E-state index contributed by atoms with van der Waals surface area (Å²) in [5, 5.41) is 4.97. The van der Waals surface area contributed by atoms with Crippen molar-refractivity contribution in [3.05, 3.63) is 227 Å². The zero-order valence-corrected chi connectivity index (χ0v) is 55.0. The van der Waals surface area contributed by atoms with Gasteiger partial charge in [-0.25, -0.2) is 4.98 Å². The van der Waals surface area contributed by atoms with Crippen molar-refractivity contribution in [1.82, 2.24) is 9.55 Å². The molecule has 3 aromatic heterocycles. The van der Waals surface area contributed by atoms with Gasteiger partial charge in [-0.1, -0.05) is 213 Å². The van der Waals surface area contributed by atoms with E-state index in [2.05, 4.69) is 300 Å². The Labute approximate surface area is 526 Å². The highest BCUT2D eigenvalue weighted by Gasteiger charge is 2.35. The van der Waals surface area contributed by atoms with Crippen LogP contribution in [0.2, 0.25) is 0 Å². The van der Waals surface area contributed by atoms with Crippen molar-refractivity contribution in [3.8, 4) is 50.7 Å². The van der Waals surface area contributed by atoms with E-state index in [1.54, 1.807) is 0 Å². The molecule has 0 aliphatic carbocycles. The minimum absolute atomic E-state index is 0.0681. The molecule has 0 amide bonds. The Bertz CT molecular complexity index is 4500. The molecule has 0 saturated heterocycles. The fourth-order valence-corrected chi connectivity index (χ4v) is 15.4. The molecule has 0 atom stereocenters. The molecule has 0 fully saturated rings. The molecule has 0 bridgehead atoms. The highest BCUT2D eigenvalue weighted by atomic mass is 32.1. The standard InChI is InChI=1S/C82H84N4OS/c1-48(2)59-25-20-26-60(49(3)4)76(59)54-42-56(45-58(43-54)87-57-36-37-67-73(46-57)86(75-44-55(40-41-83-75)82(13,14)15)72-39-38-66-65-24-16-19-35-74(65)88-81(66)79(67)72)84-47-85(71-34-18-17-33-70(71)84)80-68(77-61(50(5)6)27-21-28-62(77)51(7)8)31-23-32-69(80)78-63(52(9)10)29-22-30-64(78)53(11)12/h16-46,48-53H,47H2,1-15H3. The molecule has 0 saturated carbocycles. The van der Waals surface area contributed by atoms with Gasteiger partial charge in [0.25, 0.3) is 0 Å². The Morgan fingerprint density at radius 1 is 0.443 bits per heavy atom. The number of fused-ring (bicyclic) bond motifs is 8. The van der Waals surface area contributed by atoms with Crippen molar-refractivity contribution in [1.29, 1.82) is 0 Å². The van der Waals surface area contributed by atoms with Gasteiger partial charge in [0.2, 0.25) is 0 Å². The first-order valence-electron chi connectivity index (χ1n) is 32.1. The van der Waals surface area contributed by atoms with E-state index in [-0.39, 0.29) is 17.3 Å². The van der Waals surface area contributed by atoms with E-state index in [4.69, 9.17) is 9.72 Å². The van der Waals surface area contributed by atoms with Gasteiger partial charge in [-0.2, -0.15) is 0 Å². The lowest BCUT2D eigenvalue weighted by molar-refractivity contribution is 0.483. The Hall–Kier alpha value is -8.45. The Balaban J connectivity index is 1.04. The summed E-state index contributed by atoms with van der Waals surface area (Å²) in [5.74, 6) is 4.25. The average Bonchev–Trinajstić information content (AvgIpc) is 1.58. The SMILES string of the molecule is CC(C)c1cccc(C(C)C)c1-c1cc(Oc2ccc3c4c5sc6ccccc6c5ccc4n(-c4cc(C(C)(C)C)ccn4)c3c2)cc(N2CN(c3c(-c4c(C(C)C)cccc4C(C)C)cccc3-c3c(C(C)C)cccc3C(C)C)c3ccccc32)c1. The largest absolute Gasteiger partial charge is 0.457 e. The quantitative estimate of drug-likeness (QED) is 0.109. The van der Waals surface area contributed by atoms with Gasteiger partial charge in [0, 0.05) is 66.1 Å². The maximum atomic E-state index is 7.47. The number of pyridine rings is 1. The van der Waals surface area contributed by atoms with E-state index >= 15 is 0 Å². The van der Waals surface area contributed by atoms with Crippen LogP contribution in [0.1, 0.15) is 178 Å². The van der Waals surface area contributed by atoms with Crippen LogP contribution in [0.3, 0.4) is 0 Å². The summed E-state index contributed by atoms with van der Waals surface area (Å²) in [6.45, 7) is 35.5. The molecular formula is C82H84N4OS. The third-order valence-corrected chi connectivity index (χ3v) is 19.7. The highest BCUT2D eigenvalue weighted by molar-refractivity contribution is 7.26. The summed E-state index contributed by atoms with van der Waals surface area (Å²) in [6.07, 6.45) is 1.97. The number of hydrogen-bond acceptors (Lipinski definition) is 5. The molecule has 4 heterocycles. The van der Waals surface area contributed by atoms with E-state index in [0.717, 1.165) is 45.3 Å². The van der Waals surface area contributed by atoms with E-state index in [0.29, 0.717) is 30.3 Å². The first-order valence-corrected chi connectivity index (χ1v) is 32.9. The van der Waals surface area contributed by atoms with Crippen LogP contribution in [-0.4, -0.2) is 16.2 Å². The summed E-state index contributed by atoms with van der Waals surface area (Å²) in [5.41, 5.74) is 23.8. The number of para-hydroxylation sites is 3. The topological polar surface area (TPSA) is 33.5 Å². The molecule has 13 rings (SSSR count). The number of thiophene rings is 1. The van der Waals surface area contributed by atoms with Crippen molar-refractivity contribution < 1.29 is 4.74 Å². The summed E-state index contributed by atoms with van der Waals surface area (Å²) in [7, 11) is 0. The van der Waals surface area contributed by atoms with Crippen LogP contribution in [0.4, 0.5) is 22.7 Å². The first kappa shape index (κ1) is 58.6. The minimum atomic E-state index is -0.0681. The van der Waals surface area contributed by atoms with Gasteiger partial charge in [0.1, 0.15) is 24.0 Å². The molecule has 0 unspecified atom stereocenters. The monoisotopic (exact) mass is 1170 g/mol. The van der Waals surface area contributed by atoms with Crippen molar-refractivity contribution in [2.24, 2.45) is 0 Å². The molecule has 88 heavy (non-hydrogen) atoms. The van der Waals surface area contributed by atoms with E-state index in [1.165, 1.54) is 109 Å². The molecule has 0 radical (unpaired) electrons. The Kier molecular flexibility index (Phi) is 15.3. The average molecular weight is 1170 g/mol. The van der Waals surface area contributed by atoms with Crippen LogP contribution in [0.15, 0.2) is 188 Å². The number of rotatable bonds is 14. The van der Waals surface area contributed by atoms with Crippen molar-refractivity contribution in [2.45, 2.75) is 145 Å². The van der Waals surface area contributed by atoms with Gasteiger partial charge in [-0.15, -0.1) is 11.3 Å². The summed E-state index contributed by atoms with van der Waals surface area (Å²) in [4.78, 5) is 10.3. The fraction of sp³-hybridized carbons (Fsp3) is 0.280. The molecule has 444 valence electrons. The number of benzene rings is 9. The predicted octanol–water partition coefficient (Wildman–Crippen LogP) is 24.6. The molecule has 6 heteroatoms. The van der Waals surface area contributed by atoms with Gasteiger partial charge in [0.05, 0.1) is 28.1 Å². The molecular weight excluding hydrogens is 1090 g/mol. The van der Waals surface area contributed by atoms with Crippen molar-refractivity contribution in [2.75, 3.05) is 16.5 Å². The van der Waals surface area contributed by atoms with E-state index in [1.807, 2.05) is 17.5 Å². The van der Waals surface area contributed by atoms with E-state index in [9.17, 15) is 0 Å². The predicted molar refractivity (Wildman–Crippen MR) is 380 cm³/mol. The van der Waals surface area contributed by atoms with Gasteiger partial charge in [-0.05, 0) is 163 Å². The molecule has 12 aromatic rings. The van der Waals surface area contributed by atoms with Crippen LogP contribution in [-0.2, 0) is 5.41 Å². The van der Waals surface area contributed by atoms with Crippen molar-refractivity contribution in [3.63, 3.8) is 0 Å². The lowest BCUT2D eigenvalue weighted by atomic mass is 9.80. The third kappa shape index (κ3) is 10.2.